The van der Waals surface area contributed by atoms with Crippen LogP contribution in [0.2, 0.25) is 5.02 Å². The Morgan fingerprint density at radius 3 is 2.46 bits per heavy atom. The van der Waals surface area contributed by atoms with Crippen LogP contribution in [0, 0.1) is 5.82 Å². The van der Waals surface area contributed by atoms with Gasteiger partial charge in [0.1, 0.15) is 23.7 Å². The molecule has 48 heavy (non-hydrogen) atoms. The van der Waals surface area contributed by atoms with Crippen LogP contribution in [0.1, 0.15) is 43.8 Å². The van der Waals surface area contributed by atoms with Crippen molar-refractivity contribution in [2.24, 2.45) is 0 Å². The van der Waals surface area contributed by atoms with Crippen LogP contribution >= 0.6 is 23.1 Å². The Hall–Kier alpha value is -4.93. The highest BCUT2D eigenvalue weighted by molar-refractivity contribution is 7.13. The van der Waals surface area contributed by atoms with Crippen molar-refractivity contribution in [3.63, 3.8) is 0 Å². The highest BCUT2D eigenvalue weighted by Crippen LogP contribution is 2.29. The summed E-state index contributed by atoms with van der Waals surface area (Å²) in [5.74, 6) is -1.83. The molecule has 1 aliphatic rings. The molecule has 0 radical (unpaired) electrons. The fraction of sp³-hybridized carbons (Fsp3) is 0.226. The summed E-state index contributed by atoms with van der Waals surface area (Å²) in [4.78, 5) is 48.1. The van der Waals surface area contributed by atoms with Gasteiger partial charge in [-0.3, -0.25) is 14.4 Å². The zero-order valence-electron chi connectivity index (χ0n) is 25.4. The van der Waals surface area contributed by atoms with E-state index in [2.05, 4.69) is 30.3 Å². The molecule has 0 saturated carbocycles. The molecular formula is C31H27ClF4N8O3S. The van der Waals surface area contributed by atoms with Crippen molar-refractivity contribution in [1.82, 2.24) is 34.4 Å². The molecule has 0 bridgehead atoms. The summed E-state index contributed by atoms with van der Waals surface area (Å²) in [6.07, 6.45) is -4.61. The predicted molar refractivity (Wildman–Crippen MR) is 171 cm³/mol. The second kappa shape index (κ2) is 14.5. The molecule has 11 nitrogen and oxygen atoms in total. The topological polar surface area (TPSA) is 134 Å². The van der Waals surface area contributed by atoms with Crippen molar-refractivity contribution in [3.8, 4) is 0 Å². The van der Waals surface area contributed by atoms with Gasteiger partial charge in [-0.1, -0.05) is 35.9 Å². The van der Waals surface area contributed by atoms with Crippen LogP contribution < -0.4 is 16.0 Å². The number of alkyl halides is 3. The van der Waals surface area contributed by atoms with Gasteiger partial charge in [-0.05, 0) is 67.6 Å². The van der Waals surface area contributed by atoms with Crippen LogP contribution in [0.3, 0.4) is 0 Å². The molecule has 3 aromatic heterocycles. The Kier molecular flexibility index (Phi) is 10.4. The van der Waals surface area contributed by atoms with E-state index in [0.717, 1.165) is 10.8 Å². The number of fused-ring (bicyclic) bond motifs is 2. The van der Waals surface area contributed by atoms with Crippen molar-refractivity contribution in [2.45, 2.75) is 32.4 Å². The lowest BCUT2D eigenvalue weighted by Gasteiger charge is -2.18. The monoisotopic (exact) mass is 702 g/mol. The molecule has 17 heteroatoms. The molecule has 250 valence electrons. The third kappa shape index (κ3) is 8.13. The number of pyridine rings is 1. The Morgan fingerprint density at radius 1 is 1.04 bits per heavy atom. The minimum Gasteiger partial charge on any atom is -0.349 e. The average Bonchev–Trinajstić information content (AvgIpc) is 3.63. The van der Waals surface area contributed by atoms with Gasteiger partial charge in [0.05, 0.1) is 22.6 Å². The van der Waals surface area contributed by atoms with Gasteiger partial charge in [-0.2, -0.15) is 17.5 Å². The number of hydrogen-bond acceptors (Lipinski definition) is 8. The average molecular weight is 703 g/mol. The van der Waals surface area contributed by atoms with E-state index in [9.17, 15) is 31.9 Å². The fourth-order valence-electron chi connectivity index (χ4n) is 4.68. The molecule has 0 unspecified atom stereocenters. The maximum absolute atomic E-state index is 13.2. The van der Waals surface area contributed by atoms with Crippen LogP contribution in [-0.4, -0.2) is 55.6 Å². The summed E-state index contributed by atoms with van der Waals surface area (Å²) in [6.45, 7) is -0.180. The number of imidazole rings is 1. The first-order chi connectivity index (χ1) is 22.8. The lowest BCUT2D eigenvalue weighted by Crippen LogP contribution is -2.37. The summed E-state index contributed by atoms with van der Waals surface area (Å²) in [5, 5.41) is 9.25. The van der Waals surface area contributed by atoms with E-state index in [1.807, 2.05) is 12.1 Å². The first-order valence-electron chi connectivity index (χ1n) is 14.2. The first kappa shape index (κ1) is 34.4. The molecule has 6 rings (SSSR count). The Balaban J connectivity index is 0.000000494. The highest BCUT2D eigenvalue weighted by Gasteiger charge is 2.33. The van der Waals surface area contributed by atoms with Crippen LogP contribution in [0.25, 0.3) is 10.1 Å². The number of halogens is 5. The lowest BCUT2D eigenvalue weighted by molar-refractivity contribution is -0.141. The van der Waals surface area contributed by atoms with Gasteiger partial charge in [0.15, 0.2) is 5.82 Å². The molecule has 1 aliphatic heterocycles. The molecule has 5 aromatic rings. The van der Waals surface area contributed by atoms with Crippen molar-refractivity contribution < 1.29 is 31.9 Å². The quantitative estimate of drug-likeness (QED) is 0.197. The van der Waals surface area contributed by atoms with Crippen molar-refractivity contribution in [1.29, 1.82) is 0 Å². The zero-order valence-corrected chi connectivity index (χ0v) is 26.9. The van der Waals surface area contributed by atoms with Gasteiger partial charge in [0.2, 0.25) is 11.7 Å². The van der Waals surface area contributed by atoms with Crippen molar-refractivity contribution in [2.75, 3.05) is 19.4 Å². The number of carbonyl (C=O) groups excluding carboxylic acids is 3. The van der Waals surface area contributed by atoms with Crippen molar-refractivity contribution in [3.05, 3.63) is 106 Å². The highest BCUT2D eigenvalue weighted by atomic mass is 35.5. The lowest BCUT2D eigenvalue weighted by atomic mass is 10.1. The van der Waals surface area contributed by atoms with Gasteiger partial charge >= 0.3 is 6.18 Å². The Labute approximate surface area is 280 Å². The fourth-order valence-corrected chi connectivity index (χ4v) is 5.58. The number of nitrogens with zero attached hydrogens (tertiary/aromatic N) is 5. The van der Waals surface area contributed by atoms with Crippen LogP contribution in [-0.2, 0) is 37.1 Å². The number of hydrogen-bond donors (Lipinski definition) is 3. The van der Waals surface area contributed by atoms with Gasteiger partial charge < -0.3 is 25.4 Å². The summed E-state index contributed by atoms with van der Waals surface area (Å²) >= 11 is 6.62. The van der Waals surface area contributed by atoms with Crippen LogP contribution in [0.15, 0.2) is 60.7 Å². The minimum atomic E-state index is -4.61. The van der Waals surface area contributed by atoms with Crippen molar-refractivity contribution >= 4 is 56.8 Å². The number of nitrogens with one attached hydrogen (secondary N) is 3. The number of aromatic nitrogens is 4. The van der Waals surface area contributed by atoms with Gasteiger partial charge in [0.25, 0.3) is 11.8 Å². The van der Waals surface area contributed by atoms with Crippen LogP contribution in [0.4, 0.5) is 23.4 Å². The minimum absolute atomic E-state index is 0.0301. The summed E-state index contributed by atoms with van der Waals surface area (Å²) in [7, 11) is 3.38. The maximum atomic E-state index is 13.2. The Bertz CT molecular complexity index is 1960. The SMILES string of the molecule is CN(C)Cc1nc(C(F)(F)F)ccc1CNC(=O)c1nc(NC(=O)c2nsc3ccccc23)c2n1CC(=O)NC2.Fc1ccc(Cl)cc1. The number of anilines is 1. The summed E-state index contributed by atoms with van der Waals surface area (Å²) < 4.78 is 58.1. The van der Waals surface area contributed by atoms with E-state index >= 15 is 0 Å². The largest absolute Gasteiger partial charge is 0.433 e. The van der Waals surface area contributed by atoms with Gasteiger partial charge in [0, 0.05) is 23.5 Å². The van der Waals surface area contributed by atoms with E-state index in [1.165, 1.54) is 46.4 Å². The second-order valence-corrected chi connectivity index (χ2v) is 12.0. The van der Waals surface area contributed by atoms with E-state index < -0.39 is 23.7 Å². The molecular weight excluding hydrogens is 676 g/mol. The van der Waals surface area contributed by atoms with E-state index in [1.54, 1.807) is 31.1 Å². The molecule has 3 amide bonds. The molecule has 0 saturated heterocycles. The van der Waals surface area contributed by atoms with E-state index in [-0.39, 0.29) is 60.9 Å². The summed E-state index contributed by atoms with van der Waals surface area (Å²) in [6, 6.07) is 15.0. The van der Waals surface area contributed by atoms with Crippen LogP contribution in [0.5, 0.6) is 0 Å². The molecule has 0 atom stereocenters. The van der Waals surface area contributed by atoms with E-state index in [4.69, 9.17) is 11.6 Å². The number of rotatable bonds is 7. The smallest absolute Gasteiger partial charge is 0.349 e. The number of amides is 3. The number of benzene rings is 2. The van der Waals surface area contributed by atoms with Gasteiger partial charge in [-0.15, -0.1) is 0 Å². The molecule has 2 aromatic carbocycles. The molecule has 0 aliphatic carbocycles. The molecule has 0 spiro atoms. The third-order valence-corrected chi connectivity index (χ3v) is 8.00. The summed E-state index contributed by atoms with van der Waals surface area (Å²) in [5.41, 5.74) is 0.148. The molecule has 0 fully saturated rings. The standard InChI is InChI=1S/C25H23F3N8O3S.C6H4ClF/c1-35(2)11-15-13(7-8-18(31-15)25(26,27)28)9-30-24(39)22-32-21(16-10-29-19(37)12-36(16)22)33-23(38)20-14-5-3-4-6-17(14)40-34-20;7-5-1-3-6(8)4-2-5/h3-8H,9-12H2,1-2H3,(H,29,37)(H,30,39)(H,33,38);1-4H. The normalized spacial score (nSPS) is 12.6. The predicted octanol–water partition coefficient (Wildman–Crippen LogP) is 5.26. The molecule has 3 N–H and O–H groups in total. The first-order valence-corrected chi connectivity index (χ1v) is 15.4. The molecule has 4 heterocycles. The zero-order chi connectivity index (χ0) is 34.6. The number of carbonyl (C=O) groups is 3. The maximum Gasteiger partial charge on any atom is 0.433 e. The van der Waals surface area contributed by atoms with E-state index in [0.29, 0.717) is 21.7 Å². The second-order valence-electron chi connectivity index (χ2n) is 10.7. The van der Waals surface area contributed by atoms with Gasteiger partial charge in [-0.25, -0.2) is 14.4 Å². The Morgan fingerprint density at radius 2 is 1.77 bits per heavy atom. The third-order valence-electron chi connectivity index (χ3n) is 6.92.